The number of thiophene rings is 1. The number of benzene rings is 1. The van der Waals surface area contributed by atoms with Gasteiger partial charge in [0.1, 0.15) is 4.83 Å². The lowest BCUT2D eigenvalue weighted by atomic mass is 10.3. The zero-order valence-corrected chi connectivity index (χ0v) is 18.2. The molecule has 1 aliphatic rings. The second-order valence-corrected chi connectivity index (χ2v) is 10.2. The van der Waals surface area contributed by atoms with Gasteiger partial charge in [0.15, 0.2) is 0 Å². The van der Waals surface area contributed by atoms with Crippen LogP contribution >= 0.6 is 11.3 Å². The van der Waals surface area contributed by atoms with E-state index < -0.39 is 10.0 Å². The largest absolute Gasteiger partial charge is 0.321 e. The highest BCUT2D eigenvalue weighted by atomic mass is 32.2. The van der Waals surface area contributed by atoms with E-state index in [0.717, 1.165) is 15.9 Å². The van der Waals surface area contributed by atoms with E-state index in [2.05, 4.69) is 15.3 Å². The van der Waals surface area contributed by atoms with Gasteiger partial charge in [-0.15, -0.1) is 11.3 Å². The van der Waals surface area contributed by atoms with Crippen molar-refractivity contribution in [2.24, 2.45) is 7.05 Å². The number of likely N-dealkylation sites (N-methyl/N-ethyl adjacent to an activating group) is 1. The molecular weight excluding hydrogens is 410 g/mol. The number of nitrogens with one attached hydrogen (secondary N) is 1. The molecule has 0 saturated carbocycles. The maximum Gasteiger partial charge on any atom is 0.265 e. The molecule has 1 aliphatic heterocycles. The third-order valence-corrected chi connectivity index (χ3v) is 8.21. The fourth-order valence-corrected chi connectivity index (χ4v) is 5.91. The van der Waals surface area contributed by atoms with Gasteiger partial charge in [-0.05, 0) is 38.2 Å². The van der Waals surface area contributed by atoms with E-state index in [1.165, 1.54) is 21.7 Å². The Kier molecular flexibility index (Phi) is 5.19. The van der Waals surface area contributed by atoms with Gasteiger partial charge >= 0.3 is 0 Å². The normalized spacial score (nSPS) is 16.4. The molecule has 0 unspecified atom stereocenters. The molecule has 1 aromatic carbocycles. The highest BCUT2D eigenvalue weighted by molar-refractivity contribution is 7.89. The van der Waals surface area contributed by atoms with E-state index in [9.17, 15) is 13.2 Å². The van der Waals surface area contributed by atoms with Crippen molar-refractivity contribution in [1.82, 2.24) is 19.0 Å². The number of rotatable bonds is 4. The number of aryl methyl sites for hydroxylation is 2. The minimum atomic E-state index is -3.58. The SMILES string of the molecule is Cc1nn(C)c2sc(C(=O)Nc3cccc(S(=O)(=O)N4CCN(C)CC4)c3)cc12. The van der Waals surface area contributed by atoms with E-state index >= 15 is 0 Å². The summed E-state index contributed by atoms with van der Waals surface area (Å²) >= 11 is 1.36. The molecule has 154 valence electrons. The maximum atomic E-state index is 12.9. The molecule has 8 nitrogen and oxygen atoms in total. The Morgan fingerprint density at radius 1 is 1.14 bits per heavy atom. The first-order valence-corrected chi connectivity index (χ1v) is 11.5. The Bertz CT molecular complexity index is 1140. The number of fused-ring (bicyclic) bond motifs is 1. The summed E-state index contributed by atoms with van der Waals surface area (Å²) in [5, 5.41) is 8.12. The highest BCUT2D eigenvalue weighted by Gasteiger charge is 2.27. The number of hydrogen-bond acceptors (Lipinski definition) is 6. The standard InChI is InChI=1S/C19H23N5O3S2/c1-13-16-12-17(28-19(16)23(3)21-13)18(25)20-14-5-4-6-15(11-14)29(26,27)24-9-7-22(2)8-10-24/h4-6,11-12H,7-10H2,1-3H3,(H,20,25). The van der Waals surface area contributed by atoms with E-state index in [0.29, 0.717) is 36.7 Å². The van der Waals surface area contributed by atoms with Crippen molar-refractivity contribution < 1.29 is 13.2 Å². The number of anilines is 1. The van der Waals surface area contributed by atoms with Crippen LogP contribution in [0.1, 0.15) is 15.4 Å². The molecule has 3 aromatic rings. The van der Waals surface area contributed by atoms with Gasteiger partial charge < -0.3 is 10.2 Å². The molecule has 10 heteroatoms. The van der Waals surface area contributed by atoms with Gasteiger partial charge in [-0.2, -0.15) is 9.40 Å². The molecule has 3 heterocycles. The van der Waals surface area contributed by atoms with Gasteiger partial charge in [-0.3, -0.25) is 9.48 Å². The fourth-order valence-electron chi connectivity index (χ4n) is 3.42. The molecular formula is C19H23N5O3S2. The van der Waals surface area contributed by atoms with Crippen molar-refractivity contribution in [2.75, 3.05) is 38.5 Å². The number of carbonyl (C=O) groups is 1. The van der Waals surface area contributed by atoms with Crippen molar-refractivity contribution >= 4 is 43.2 Å². The molecule has 0 radical (unpaired) electrons. The summed E-state index contributed by atoms with van der Waals surface area (Å²) in [5.74, 6) is -0.264. The third kappa shape index (κ3) is 3.80. The minimum Gasteiger partial charge on any atom is -0.321 e. The number of amides is 1. The summed E-state index contributed by atoms with van der Waals surface area (Å²) in [6.07, 6.45) is 0. The van der Waals surface area contributed by atoms with Crippen LogP contribution in [0.25, 0.3) is 10.2 Å². The Hall–Kier alpha value is -2.27. The summed E-state index contributed by atoms with van der Waals surface area (Å²) in [4.78, 5) is 16.5. The van der Waals surface area contributed by atoms with Crippen LogP contribution in [0, 0.1) is 6.92 Å². The van der Waals surface area contributed by atoms with Gasteiger partial charge in [0, 0.05) is 44.3 Å². The average Bonchev–Trinajstić information content (AvgIpc) is 3.24. The predicted molar refractivity (Wildman–Crippen MR) is 114 cm³/mol. The molecule has 1 fully saturated rings. The first-order valence-electron chi connectivity index (χ1n) is 9.29. The van der Waals surface area contributed by atoms with Crippen LogP contribution in [0.4, 0.5) is 5.69 Å². The fraction of sp³-hybridized carbons (Fsp3) is 0.368. The monoisotopic (exact) mass is 433 g/mol. The average molecular weight is 434 g/mol. The highest BCUT2D eigenvalue weighted by Crippen LogP contribution is 2.28. The van der Waals surface area contributed by atoms with Gasteiger partial charge in [0.05, 0.1) is 15.5 Å². The van der Waals surface area contributed by atoms with Crippen molar-refractivity contribution in [3.05, 3.63) is 40.9 Å². The molecule has 1 amide bonds. The summed E-state index contributed by atoms with van der Waals surface area (Å²) in [7, 11) is 0.240. The molecule has 2 aromatic heterocycles. The quantitative estimate of drug-likeness (QED) is 0.681. The minimum absolute atomic E-state index is 0.191. The van der Waals surface area contributed by atoms with Crippen LogP contribution in [-0.4, -0.2) is 66.5 Å². The second kappa shape index (κ2) is 7.52. The smallest absolute Gasteiger partial charge is 0.265 e. The molecule has 1 N–H and O–H groups in total. The lowest BCUT2D eigenvalue weighted by Gasteiger charge is -2.31. The summed E-state index contributed by atoms with van der Waals surface area (Å²) in [5.41, 5.74) is 1.33. The number of hydrogen-bond donors (Lipinski definition) is 1. The van der Waals surface area contributed by atoms with E-state index in [-0.39, 0.29) is 10.8 Å². The van der Waals surface area contributed by atoms with Crippen LogP contribution in [-0.2, 0) is 17.1 Å². The van der Waals surface area contributed by atoms with Gasteiger partial charge in [0.2, 0.25) is 10.0 Å². The number of piperazine rings is 1. The van der Waals surface area contributed by atoms with E-state index in [1.807, 2.05) is 27.1 Å². The Labute approximate surface area is 173 Å². The second-order valence-electron chi connectivity index (χ2n) is 7.23. The molecule has 0 spiro atoms. The molecule has 29 heavy (non-hydrogen) atoms. The summed E-state index contributed by atoms with van der Waals surface area (Å²) < 4.78 is 29.1. The van der Waals surface area contributed by atoms with Crippen LogP contribution in [0.15, 0.2) is 35.2 Å². The van der Waals surface area contributed by atoms with Gasteiger partial charge in [0.25, 0.3) is 5.91 Å². The Morgan fingerprint density at radius 3 is 2.55 bits per heavy atom. The van der Waals surface area contributed by atoms with Crippen molar-refractivity contribution in [3.8, 4) is 0 Å². The van der Waals surface area contributed by atoms with Crippen LogP contribution < -0.4 is 5.32 Å². The predicted octanol–water partition coefficient (Wildman–Crippen LogP) is 2.13. The Morgan fingerprint density at radius 2 is 1.86 bits per heavy atom. The lowest BCUT2D eigenvalue weighted by molar-refractivity contribution is 0.103. The van der Waals surface area contributed by atoms with Gasteiger partial charge in [-0.25, -0.2) is 8.42 Å². The summed E-state index contributed by atoms with van der Waals surface area (Å²) in [6, 6.07) is 8.25. The topological polar surface area (TPSA) is 87.5 Å². The zero-order valence-electron chi connectivity index (χ0n) is 16.5. The lowest BCUT2D eigenvalue weighted by Crippen LogP contribution is -2.47. The molecule has 1 saturated heterocycles. The molecule has 0 bridgehead atoms. The molecule has 0 aliphatic carbocycles. The van der Waals surface area contributed by atoms with Crippen LogP contribution in [0.2, 0.25) is 0 Å². The Balaban J connectivity index is 1.55. The van der Waals surface area contributed by atoms with Crippen LogP contribution in [0.5, 0.6) is 0 Å². The summed E-state index contributed by atoms with van der Waals surface area (Å²) in [6.45, 7) is 4.24. The van der Waals surface area contributed by atoms with E-state index in [4.69, 9.17) is 0 Å². The zero-order chi connectivity index (χ0) is 20.8. The first-order chi connectivity index (χ1) is 13.8. The first kappa shape index (κ1) is 20.0. The number of carbonyl (C=O) groups excluding carboxylic acids is 1. The third-order valence-electron chi connectivity index (χ3n) is 5.11. The van der Waals surface area contributed by atoms with Crippen molar-refractivity contribution in [1.29, 1.82) is 0 Å². The van der Waals surface area contributed by atoms with Crippen molar-refractivity contribution in [3.63, 3.8) is 0 Å². The molecule has 0 atom stereocenters. The number of sulfonamides is 1. The van der Waals surface area contributed by atoms with E-state index in [1.54, 1.807) is 22.9 Å². The van der Waals surface area contributed by atoms with Crippen LogP contribution in [0.3, 0.4) is 0 Å². The van der Waals surface area contributed by atoms with Crippen molar-refractivity contribution in [2.45, 2.75) is 11.8 Å². The number of nitrogens with zero attached hydrogens (tertiary/aromatic N) is 4. The van der Waals surface area contributed by atoms with Gasteiger partial charge in [-0.1, -0.05) is 6.07 Å². The molecule has 4 rings (SSSR count). The maximum absolute atomic E-state index is 12.9. The number of aromatic nitrogens is 2.